The van der Waals surface area contributed by atoms with Crippen LogP contribution in [0.15, 0.2) is 47.4 Å². The summed E-state index contributed by atoms with van der Waals surface area (Å²) >= 11 is 0. The molecule has 0 radical (unpaired) electrons. The van der Waals surface area contributed by atoms with Gasteiger partial charge in [-0.1, -0.05) is 12.1 Å². The third-order valence-electron chi connectivity index (χ3n) is 6.49. The van der Waals surface area contributed by atoms with Gasteiger partial charge in [0.15, 0.2) is 9.84 Å². The van der Waals surface area contributed by atoms with Crippen molar-refractivity contribution in [1.29, 1.82) is 0 Å². The SMILES string of the molecule is C[C@]1(O)CC[C@@H](C2(S(=O)(=O)c3ccc(-c4ccc(F)cc4F)cc3)CC2)CC1. The van der Waals surface area contributed by atoms with Crippen molar-refractivity contribution in [2.75, 3.05) is 0 Å². The van der Waals surface area contributed by atoms with Gasteiger partial charge in [-0.25, -0.2) is 17.2 Å². The van der Waals surface area contributed by atoms with Gasteiger partial charge in [0.2, 0.25) is 0 Å². The van der Waals surface area contributed by atoms with Crippen LogP contribution in [0.1, 0.15) is 45.4 Å². The quantitative estimate of drug-likeness (QED) is 0.787. The van der Waals surface area contributed by atoms with Crippen LogP contribution in [0.3, 0.4) is 0 Å². The maximum atomic E-state index is 14.0. The van der Waals surface area contributed by atoms with Crippen molar-refractivity contribution in [2.45, 2.75) is 60.7 Å². The third kappa shape index (κ3) is 3.26. The highest BCUT2D eigenvalue weighted by atomic mass is 32.2. The van der Waals surface area contributed by atoms with Gasteiger partial charge >= 0.3 is 0 Å². The predicted molar refractivity (Wildman–Crippen MR) is 104 cm³/mol. The van der Waals surface area contributed by atoms with Crippen LogP contribution in [0.4, 0.5) is 8.78 Å². The van der Waals surface area contributed by atoms with E-state index in [4.69, 9.17) is 0 Å². The maximum Gasteiger partial charge on any atom is 0.184 e. The monoisotopic (exact) mass is 406 g/mol. The summed E-state index contributed by atoms with van der Waals surface area (Å²) in [7, 11) is -3.52. The molecule has 0 atom stereocenters. The zero-order valence-electron chi connectivity index (χ0n) is 15.8. The lowest BCUT2D eigenvalue weighted by Crippen LogP contribution is -2.39. The molecule has 0 amide bonds. The highest BCUT2D eigenvalue weighted by Gasteiger charge is 2.60. The molecule has 0 aromatic heterocycles. The van der Waals surface area contributed by atoms with Gasteiger partial charge in [0.05, 0.1) is 15.2 Å². The average Bonchev–Trinajstić information content (AvgIpc) is 3.44. The zero-order valence-corrected chi connectivity index (χ0v) is 16.6. The van der Waals surface area contributed by atoms with Gasteiger partial charge in [-0.2, -0.15) is 0 Å². The molecule has 2 fully saturated rings. The van der Waals surface area contributed by atoms with Crippen LogP contribution in [0.5, 0.6) is 0 Å². The van der Waals surface area contributed by atoms with Crippen molar-refractivity contribution >= 4 is 9.84 Å². The van der Waals surface area contributed by atoms with Gasteiger partial charge in [-0.15, -0.1) is 0 Å². The van der Waals surface area contributed by atoms with Gasteiger partial charge < -0.3 is 5.11 Å². The van der Waals surface area contributed by atoms with E-state index >= 15 is 0 Å². The minimum Gasteiger partial charge on any atom is -0.390 e. The highest BCUT2D eigenvalue weighted by Crippen LogP contribution is 2.56. The summed E-state index contributed by atoms with van der Waals surface area (Å²) in [6.45, 7) is 1.81. The van der Waals surface area contributed by atoms with Crippen molar-refractivity contribution in [3.63, 3.8) is 0 Å². The Balaban J connectivity index is 1.60. The Hall–Kier alpha value is -1.79. The van der Waals surface area contributed by atoms with Crippen LogP contribution in [-0.2, 0) is 9.84 Å². The summed E-state index contributed by atoms with van der Waals surface area (Å²) in [5, 5.41) is 10.2. The lowest BCUT2D eigenvalue weighted by molar-refractivity contribution is 0.00644. The summed E-state index contributed by atoms with van der Waals surface area (Å²) in [4.78, 5) is 0.244. The van der Waals surface area contributed by atoms with Crippen molar-refractivity contribution in [3.05, 3.63) is 54.1 Å². The van der Waals surface area contributed by atoms with Crippen molar-refractivity contribution in [1.82, 2.24) is 0 Å². The topological polar surface area (TPSA) is 54.4 Å². The average molecular weight is 406 g/mol. The Bertz CT molecular complexity index is 983. The fourth-order valence-electron chi connectivity index (χ4n) is 4.56. The Morgan fingerprint density at radius 2 is 1.57 bits per heavy atom. The van der Waals surface area contributed by atoms with Gasteiger partial charge in [0.1, 0.15) is 11.6 Å². The standard InChI is InChI=1S/C22H24F2O3S/c1-21(25)10-8-16(9-11-21)22(12-13-22)28(26,27)18-5-2-15(3-6-18)19-7-4-17(23)14-20(19)24/h2-7,14,16,25H,8-13H2,1H3/t16-,21+. The summed E-state index contributed by atoms with van der Waals surface area (Å²) in [6, 6.07) is 9.54. The molecule has 2 aliphatic carbocycles. The number of rotatable bonds is 4. The second-order valence-corrected chi connectivity index (χ2v) is 10.8. The molecule has 0 aliphatic heterocycles. The van der Waals surface area contributed by atoms with Crippen LogP contribution < -0.4 is 0 Å². The largest absolute Gasteiger partial charge is 0.390 e. The normalized spacial score (nSPS) is 26.8. The minimum atomic E-state index is -3.52. The Morgan fingerprint density at radius 3 is 2.11 bits per heavy atom. The number of benzene rings is 2. The van der Waals surface area contributed by atoms with Crippen molar-refractivity contribution < 1.29 is 22.3 Å². The number of hydrogen-bond donors (Lipinski definition) is 1. The molecule has 2 aliphatic rings. The zero-order chi connectivity index (χ0) is 20.2. The number of sulfone groups is 1. The first-order valence-corrected chi connectivity index (χ1v) is 11.2. The fraction of sp³-hybridized carbons (Fsp3) is 0.455. The van der Waals surface area contributed by atoms with Gasteiger partial charge in [0.25, 0.3) is 0 Å². The lowest BCUT2D eigenvalue weighted by Gasteiger charge is -2.37. The molecule has 1 N–H and O–H groups in total. The molecule has 2 aromatic rings. The van der Waals surface area contributed by atoms with Crippen LogP contribution in [0.25, 0.3) is 11.1 Å². The van der Waals surface area contributed by atoms with Crippen LogP contribution in [0.2, 0.25) is 0 Å². The molecule has 0 heterocycles. The Morgan fingerprint density at radius 1 is 0.964 bits per heavy atom. The molecule has 0 bridgehead atoms. The third-order valence-corrected chi connectivity index (χ3v) is 9.20. The maximum absolute atomic E-state index is 14.0. The first kappa shape index (κ1) is 19.5. The molecule has 150 valence electrons. The van der Waals surface area contributed by atoms with E-state index in [9.17, 15) is 22.3 Å². The molecule has 0 spiro atoms. The molecule has 3 nitrogen and oxygen atoms in total. The summed E-state index contributed by atoms with van der Waals surface area (Å²) < 4.78 is 53.1. The van der Waals surface area contributed by atoms with E-state index in [0.717, 1.165) is 6.07 Å². The van der Waals surface area contributed by atoms with E-state index in [-0.39, 0.29) is 16.4 Å². The van der Waals surface area contributed by atoms with Crippen LogP contribution >= 0.6 is 0 Å². The van der Waals surface area contributed by atoms with Crippen LogP contribution in [0, 0.1) is 17.6 Å². The van der Waals surface area contributed by atoms with Crippen molar-refractivity contribution in [2.24, 2.45) is 5.92 Å². The molecule has 28 heavy (non-hydrogen) atoms. The molecule has 0 saturated heterocycles. The van der Waals surface area contributed by atoms with Crippen LogP contribution in [-0.4, -0.2) is 23.9 Å². The second-order valence-electron chi connectivity index (χ2n) is 8.49. The minimum absolute atomic E-state index is 0.0620. The Labute approximate surface area is 164 Å². The van der Waals surface area contributed by atoms with E-state index in [1.807, 2.05) is 6.92 Å². The molecule has 4 rings (SSSR count). The first-order chi connectivity index (χ1) is 13.1. The predicted octanol–water partition coefficient (Wildman–Crippen LogP) is 4.88. The molecule has 0 unspecified atom stereocenters. The number of halogens is 2. The summed E-state index contributed by atoms with van der Waals surface area (Å²) in [5.74, 6) is -1.27. The van der Waals surface area contributed by atoms with E-state index in [2.05, 4.69) is 0 Å². The van der Waals surface area contributed by atoms with Gasteiger partial charge in [-0.05, 0) is 81.2 Å². The van der Waals surface area contributed by atoms with E-state index < -0.39 is 31.8 Å². The van der Waals surface area contributed by atoms with Crippen molar-refractivity contribution in [3.8, 4) is 11.1 Å². The van der Waals surface area contributed by atoms with Gasteiger partial charge in [-0.3, -0.25) is 0 Å². The Kier molecular flexibility index (Phi) is 4.62. The second kappa shape index (κ2) is 6.63. The summed E-state index contributed by atoms with van der Waals surface area (Å²) in [6.07, 6.45) is 3.97. The van der Waals surface area contributed by atoms with E-state index in [1.54, 1.807) is 12.1 Å². The molecular weight excluding hydrogens is 382 g/mol. The van der Waals surface area contributed by atoms with E-state index in [1.165, 1.54) is 24.3 Å². The smallest absolute Gasteiger partial charge is 0.184 e. The molecular formula is C22H24F2O3S. The molecule has 2 saturated carbocycles. The molecule has 2 aromatic carbocycles. The number of hydrogen-bond acceptors (Lipinski definition) is 3. The molecule has 6 heteroatoms. The number of aliphatic hydroxyl groups is 1. The van der Waals surface area contributed by atoms with Gasteiger partial charge in [0, 0.05) is 11.6 Å². The summed E-state index contributed by atoms with van der Waals surface area (Å²) in [5.41, 5.74) is 0.0491. The van der Waals surface area contributed by atoms with E-state index in [0.29, 0.717) is 44.1 Å². The fourth-order valence-corrected chi connectivity index (χ4v) is 6.84. The first-order valence-electron chi connectivity index (χ1n) is 9.67. The lowest BCUT2D eigenvalue weighted by atomic mass is 9.77. The highest BCUT2D eigenvalue weighted by molar-refractivity contribution is 7.93.